The molecule has 0 saturated heterocycles. The molecule has 0 spiro atoms. The van der Waals surface area contributed by atoms with Crippen LogP contribution in [0, 0.1) is 11.8 Å². The molecule has 1 saturated carbocycles. The fourth-order valence-electron chi connectivity index (χ4n) is 4.15. The van der Waals surface area contributed by atoms with E-state index in [2.05, 4.69) is 24.3 Å². The van der Waals surface area contributed by atoms with E-state index in [-0.39, 0.29) is 11.8 Å². The Morgan fingerprint density at radius 1 is 1.05 bits per heavy atom. The van der Waals surface area contributed by atoms with Crippen LogP contribution in [0.1, 0.15) is 55.6 Å². The standard InChI is InChI=1S/C17H22O2/c18-17(19)15-11-10-12-6-4-5-9-14(12)16(15)13-7-2-1-3-8-13/h4-6,9,13,15-16H,1-3,7-8,10-11H2,(H,18,19). The monoisotopic (exact) mass is 258 g/mol. The quantitative estimate of drug-likeness (QED) is 0.870. The molecule has 2 heteroatoms. The number of carboxylic acids is 1. The van der Waals surface area contributed by atoms with Crippen LogP contribution in [0.15, 0.2) is 24.3 Å². The summed E-state index contributed by atoms with van der Waals surface area (Å²) in [7, 11) is 0. The highest BCUT2D eigenvalue weighted by atomic mass is 16.4. The van der Waals surface area contributed by atoms with Gasteiger partial charge in [-0.15, -0.1) is 0 Å². The molecule has 0 aromatic heterocycles. The van der Waals surface area contributed by atoms with Gasteiger partial charge in [-0.25, -0.2) is 0 Å². The lowest BCUT2D eigenvalue weighted by Crippen LogP contribution is -2.33. The van der Waals surface area contributed by atoms with Gasteiger partial charge < -0.3 is 5.11 Å². The molecule has 2 nitrogen and oxygen atoms in total. The van der Waals surface area contributed by atoms with Gasteiger partial charge in [0.05, 0.1) is 5.92 Å². The highest BCUT2D eigenvalue weighted by Gasteiger charge is 2.39. The van der Waals surface area contributed by atoms with Gasteiger partial charge in [-0.2, -0.15) is 0 Å². The summed E-state index contributed by atoms with van der Waals surface area (Å²) in [6.07, 6.45) is 8.03. The lowest BCUT2D eigenvalue weighted by Gasteiger charge is -2.38. The van der Waals surface area contributed by atoms with Crippen LogP contribution in [0.5, 0.6) is 0 Å². The van der Waals surface area contributed by atoms with Crippen LogP contribution in [0.25, 0.3) is 0 Å². The number of benzene rings is 1. The van der Waals surface area contributed by atoms with Crippen molar-refractivity contribution < 1.29 is 9.90 Å². The van der Waals surface area contributed by atoms with E-state index >= 15 is 0 Å². The van der Waals surface area contributed by atoms with Crippen molar-refractivity contribution in [3.8, 4) is 0 Å². The predicted octanol–water partition coefficient (Wildman–Crippen LogP) is 4.00. The van der Waals surface area contributed by atoms with Crippen LogP contribution in [-0.4, -0.2) is 11.1 Å². The molecule has 2 aliphatic carbocycles. The largest absolute Gasteiger partial charge is 0.481 e. The van der Waals surface area contributed by atoms with Gasteiger partial charge in [-0.1, -0.05) is 43.5 Å². The zero-order valence-corrected chi connectivity index (χ0v) is 11.3. The van der Waals surface area contributed by atoms with Crippen LogP contribution in [0.3, 0.4) is 0 Å². The van der Waals surface area contributed by atoms with Gasteiger partial charge in [0.15, 0.2) is 0 Å². The third kappa shape index (κ3) is 2.41. The van der Waals surface area contributed by atoms with Crippen molar-refractivity contribution >= 4 is 5.97 Å². The predicted molar refractivity (Wildman–Crippen MR) is 75.2 cm³/mol. The van der Waals surface area contributed by atoms with Crippen molar-refractivity contribution in [2.75, 3.05) is 0 Å². The summed E-state index contributed by atoms with van der Waals surface area (Å²) < 4.78 is 0. The molecule has 0 radical (unpaired) electrons. The van der Waals surface area contributed by atoms with Gasteiger partial charge in [0, 0.05) is 5.92 Å². The van der Waals surface area contributed by atoms with Crippen molar-refractivity contribution in [2.45, 2.75) is 50.9 Å². The third-order valence-electron chi connectivity index (χ3n) is 5.05. The van der Waals surface area contributed by atoms with Crippen molar-refractivity contribution in [3.63, 3.8) is 0 Å². The van der Waals surface area contributed by atoms with Gasteiger partial charge in [0.25, 0.3) is 0 Å². The maximum Gasteiger partial charge on any atom is 0.307 e. The maximum absolute atomic E-state index is 11.6. The van der Waals surface area contributed by atoms with Gasteiger partial charge in [0.2, 0.25) is 0 Å². The van der Waals surface area contributed by atoms with E-state index in [0.717, 1.165) is 12.8 Å². The third-order valence-corrected chi connectivity index (χ3v) is 5.05. The summed E-state index contributed by atoms with van der Waals surface area (Å²) in [5, 5.41) is 9.56. The minimum atomic E-state index is -0.593. The molecular formula is C17H22O2. The molecule has 1 N–H and O–H groups in total. The molecule has 1 fully saturated rings. The molecule has 1 aromatic rings. The Morgan fingerprint density at radius 2 is 1.79 bits per heavy atom. The van der Waals surface area contributed by atoms with Crippen molar-refractivity contribution in [3.05, 3.63) is 35.4 Å². The first-order chi connectivity index (χ1) is 9.27. The fourth-order valence-corrected chi connectivity index (χ4v) is 4.15. The number of carboxylic acid groups (broad SMARTS) is 1. The molecule has 0 bridgehead atoms. The first-order valence-electron chi connectivity index (χ1n) is 7.58. The smallest absolute Gasteiger partial charge is 0.307 e. The lowest BCUT2D eigenvalue weighted by atomic mass is 9.65. The molecule has 0 aliphatic heterocycles. The zero-order chi connectivity index (χ0) is 13.2. The van der Waals surface area contributed by atoms with Crippen molar-refractivity contribution in [2.24, 2.45) is 11.8 Å². The zero-order valence-electron chi connectivity index (χ0n) is 11.3. The minimum Gasteiger partial charge on any atom is -0.481 e. The number of rotatable bonds is 2. The van der Waals surface area contributed by atoms with Crippen LogP contribution in [0.4, 0.5) is 0 Å². The van der Waals surface area contributed by atoms with E-state index in [0.29, 0.717) is 5.92 Å². The average Bonchev–Trinajstić information content (AvgIpc) is 2.46. The summed E-state index contributed by atoms with van der Waals surface area (Å²) in [6.45, 7) is 0. The fraction of sp³-hybridized carbons (Fsp3) is 0.588. The summed E-state index contributed by atoms with van der Waals surface area (Å²) in [6, 6.07) is 8.50. The number of carbonyl (C=O) groups is 1. The van der Waals surface area contributed by atoms with Crippen molar-refractivity contribution in [1.29, 1.82) is 0 Å². The minimum absolute atomic E-state index is 0.169. The normalized spacial score (nSPS) is 27.8. The summed E-state index contributed by atoms with van der Waals surface area (Å²) >= 11 is 0. The van der Waals surface area contributed by atoms with Gasteiger partial charge >= 0.3 is 5.97 Å². The Hall–Kier alpha value is -1.31. The van der Waals surface area contributed by atoms with E-state index < -0.39 is 5.97 Å². The van der Waals surface area contributed by atoms with Crippen LogP contribution in [-0.2, 0) is 11.2 Å². The summed E-state index contributed by atoms with van der Waals surface area (Å²) in [4.78, 5) is 11.6. The van der Waals surface area contributed by atoms with Crippen LogP contribution < -0.4 is 0 Å². The van der Waals surface area contributed by atoms with Gasteiger partial charge in [-0.05, 0) is 42.7 Å². The molecule has 0 amide bonds. The summed E-state index contributed by atoms with van der Waals surface area (Å²) in [5.41, 5.74) is 2.71. The van der Waals surface area contributed by atoms with E-state index in [1.54, 1.807) is 0 Å². The van der Waals surface area contributed by atoms with E-state index in [1.165, 1.54) is 43.2 Å². The molecule has 19 heavy (non-hydrogen) atoms. The SMILES string of the molecule is O=C(O)C1CCc2ccccc2C1C1CCCCC1. The Kier molecular flexibility index (Phi) is 3.58. The van der Waals surface area contributed by atoms with Crippen LogP contribution >= 0.6 is 0 Å². The van der Waals surface area contributed by atoms with E-state index in [9.17, 15) is 9.90 Å². The molecular weight excluding hydrogens is 236 g/mol. The summed E-state index contributed by atoms with van der Waals surface area (Å²) in [5.74, 6) is 0.0714. The maximum atomic E-state index is 11.6. The average molecular weight is 258 g/mol. The number of hydrogen-bond acceptors (Lipinski definition) is 1. The Morgan fingerprint density at radius 3 is 2.53 bits per heavy atom. The van der Waals surface area contributed by atoms with Crippen molar-refractivity contribution in [1.82, 2.24) is 0 Å². The highest BCUT2D eigenvalue weighted by Crippen LogP contribution is 2.46. The lowest BCUT2D eigenvalue weighted by molar-refractivity contribution is -0.143. The van der Waals surface area contributed by atoms with Gasteiger partial charge in [-0.3, -0.25) is 4.79 Å². The van der Waals surface area contributed by atoms with E-state index in [1.807, 2.05) is 0 Å². The van der Waals surface area contributed by atoms with Crippen LogP contribution in [0.2, 0.25) is 0 Å². The molecule has 2 atom stereocenters. The molecule has 1 aromatic carbocycles. The molecule has 102 valence electrons. The first-order valence-corrected chi connectivity index (χ1v) is 7.58. The molecule has 2 aliphatic rings. The number of fused-ring (bicyclic) bond motifs is 1. The van der Waals surface area contributed by atoms with Gasteiger partial charge in [0.1, 0.15) is 0 Å². The topological polar surface area (TPSA) is 37.3 Å². The second kappa shape index (κ2) is 5.36. The second-order valence-corrected chi connectivity index (χ2v) is 6.11. The molecule has 3 rings (SSSR count). The number of aliphatic carboxylic acids is 1. The Labute approximate surface area is 114 Å². The highest BCUT2D eigenvalue weighted by molar-refractivity contribution is 5.72. The number of aryl methyl sites for hydroxylation is 1. The second-order valence-electron chi connectivity index (χ2n) is 6.11. The molecule has 2 unspecified atom stereocenters. The van der Waals surface area contributed by atoms with E-state index in [4.69, 9.17) is 0 Å². The first kappa shape index (κ1) is 12.7. The number of hydrogen-bond donors (Lipinski definition) is 1. The Balaban J connectivity index is 1.96. The molecule has 0 heterocycles. The Bertz CT molecular complexity index is 460.